The molecule has 4 heteroatoms. The van der Waals surface area contributed by atoms with Crippen molar-refractivity contribution in [2.24, 2.45) is 0 Å². The average Bonchev–Trinajstić information content (AvgIpc) is 2.30. The minimum Gasteiger partial charge on any atom is -0.497 e. The lowest BCUT2D eigenvalue weighted by Gasteiger charge is -2.06. The molecule has 0 saturated heterocycles. The number of halogens is 1. The minimum atomic E-state index is -0.609. The molecule has 0 aliphatic carbocycles. The number of methoxy groups -OCH3 is 1. The summed E-state index contributed by atoms with van der Waals surface area (Å²) in [4.78, 5) is 22.1. The van der Waals surface area contributed by atoms with Gasteiger partial charge in [-0.1, -0.05) is 23.7 Å². The van der Waals surface area contributed by atoms with Crippen LogP contribution < -0.4 is 15.6 Å². The van der Waals surface area contributed by atoms with Crippen LogP contribution in [0.3, 0.4) is 0 Å². The van der Waals surface area contributed by atoms with Crippen molar-refractivity contribution in [2.45, 2.75) is 0 Å². The number of rotatable bonds is 2. The fourth-order valence-corrected chi connectivity index (χ4v) is 1.66. The summed E-state index contributed by atoms with van der Waals surface area (Å²) in [6.45, 7) is 0. The molecule has 0 bridgehead atoms. The molecule has 0 spiro atoms. The molecule has 0 unspecified atom stereocenters. The second kappa shape index (κ2) is 3.51. The Morgan fingerprint density at radius 2 is 1.67 bits per heavy atom. The Bertz CT molecular complexity index is 562. The van der Waals surface area contributed by atoms with Gasteiger partial charge in [0, 0.05) is 0 Å². The molecule has 15 heavy (non-hydrogen) atoms. The first-order valence-electron chi connectivity index (χ1n) is 4.28. The number of benzene rings is 1. The third kappa shape index (κ3) is 1.45. The van der Waals surface area contributed by atoms with Gasteiger partial charge in [-0.25, -0.2) is 0 Å². The lowest BCUT2D eigenvalue weighted by Crippen LogP contribution is -2.33. The summed E-state index contributed by atoms with van der Waals surface area (Å²) >= 11 is 5.65. The highest BCUT2D eigenvalue weighted by Crippen LogP contribution is 2.24. The van der Waals surface area contributed by atoms with Crippen LogP contribution in [0.1, 0.15) is 0 Å². The zero-order chi connectivity index (χ0) is 11.0. The zero-order valence-electron chi connectivity index (χ0n) is 7.91. The van der Waals surface area contributed by atoms with Crippen LogP contribution in [-0.2, 0) is 0 Å². The van der Waals surface area contributed by atoms with E-state index in [2.05, 4.69) is 0 Å². The van der Waals surface area contributed by atoms with Crippen molar-refractivity contribution in [2.75, 3.05) is 7.11 Å². The van der Waals surface area contributed by atoms with E-state index in [4.69, 9.17) is 16.3 Å². The second-order valence-corrected chi connectivity index (χ2v) is 3.45. The molecule has 0 aromatic heterocycles. The molecule has 3 nitrogen and oxygen atoms in total. The van der Waals surface area contributed by atoms with Crippen LogP contribution >= 0.6 is 11.6 Å². The molecule has 0 amide bonds. The first-order valence-corrected chi connectivity index (χ1v) is 4.66. The molecule has 0 saturated carbocycles. The van der Waals surface area contributed by atoms with Crippen LogP contribution in [0, 0.1) is 0 Å². The van der Waals surface area contributed by atoms with Crippen LogP contribution in [0.15, 0.2) is 33.9 Å². The smallest absolute Gasteiger partial charge is 0.245 e. The average molecular weight is 223 g/mol. The topological polar surface area (TPSA) is 43.4 Å². The Hall–Kier alpha value is -1.61. The van der Waals surface area contributed by atoms with E-state index in [0.717, 1.165) is 0 Å². The molecule has 0 fully saturated rings. The van der Waals surface area contributed by atoms with Gasteiger partial charge in [-0.15, -0.1) is 0 Å². The SMILES string of the molecule is COc1ccc(-c2c(Cl)c(=O)c2=O)cc1. The second-order valence-electron chi connectivity index (χ2n) is 3.08. The molecule has 0 N–H and O–H groups in total. The summed E-state index contributed by atoms with van der Waals surface area (Å²) < 4.78 is 4.97. The van der Waals surface area contributed by atoms with Crippen molar-refractivity contribution in [1.29, 1.82) is 0 Å². The zero-order valence-corrected chi connectivity index (χ0v) is 8.67. The molecular weight excluding hydrogens is 216 g/mol. The predicted molar refractivity (Wildman–Crippen MR) is 58.4 cm³/mol. The summed E-state index contributed by atoms with van der Waals surface area (Å²) in [5.74, 6) is 0.688. The Balaban J connectivity index is 2.48. The molecule has 0 heterocycles. The van der Waals surface area contributed by atoms with E-state index in [1.165, 1.54) is 0 Å². The molecule has 2 aromatic rings. The standard InChI is InChI=1S/C11H7ClO3/c1-15-7-4-2-6(3-5-7)8-9(12)11(14)10(8)13/h2-5H,1H3. The van der Waals surface area contributed by atoms with Gasteiger partial charge in [0.25, 0.3) is 0 Å². The molecule has 0 atom stereocenters. The summed E-state index contributed by atoms with van der Waals surface area (Å²) in [5, 5.41) is 0.0187. The van der Waals surface area contributed by atoms with Gasteiger partial charge in [0.15, 0.2) is 0 Å². The first kappa shape index (κ1) is 9.93. The molecule has 76 valence electrons. The van der Waals surface area contributed by atoms with Crippen molar-refractivity contribution < 1.29 is 4.74 Å². The lowest BCUT2D eigenvalue weighted by molar-refractivity contribution is 0.415. The molecular formula is C11H7ClO3. The summed E-state index contributed by atoms with van der Waals surface area (Å²) in [6.07, 6.45) is 0. The predicted octanol–water partition coefficient (Wildman–Crippen LogP) is 1.61. The van der Waals surface area contributed by atoms with Gasteiger partial charge in [-0.2, -0.15) is 0 Å². The molecule has 2 aromatic carbocycles. The largest absolute Gasteiger partial charge is 0.497 e. The van der Waals surface area contributed by atoms with Crippen molar-refractivity contribution in [3.63, 3.8) is 0 Å². The minimum absolute atomic E-state index is 0.0187. The van der Waals surface area contributed by atoms with Crippen molar-refractivity contribution in [3.8, 4) is 16.9 Å². The van der Waals surface area contributed by atoms with E-state index in [1.54, 1.807) is 31.4 Å². The van der Waals surface area contributed by atoms with Crippen LogP contribution in [0.4, 0.5) is 0 Å². The van der Waals surface area contributed by atoms with Crippen LogP contribution in [0.5, 0.6) is 5.75 Å². The van der Waals surface area contributed by atoms with Gasteiger partial charge in [0.2, 0.25) is 10.9 Å². The quantitative estimate of drug-likeness (QED) is 0.725. The summed E-state index contributed by atoms with van der Waals surface area (Å²) in [6, 6.07) is 6.81. The maximum Gasteiger partial charge on any atom is 0.245 e. The Morgan fingerprint density at radius 3 is 2.13 bits per heavy atom. The van der Waals surface area contributed by atoms with E-state index < -0.39 is 10.9 Å². The van der Waals surface area contributed by atoms with Gasteiger partial charge in [0.1, 0.15) is 10.8 Å². The highest BCUT2D eigenvalue weighted by Gasteiger charge is 2.19. The van der Waals surface area contributed by atoms with Crippen molar-refractivity contribution >= 4 is 11.6 Å². The first-order chi connectivity index (χ1) is 7.15. The monoisotopic (exact) mass is 222 g/mol. The maximum absolute atomic E-state index is 11.2. The highest BCUT2D eigenvalue weighted by atomic mass is 35.5. The molecule has 0 radical (unpaired) electrons. The number of hydrogen-bond donors (Lipinski definition) is 0. The normalized spacial score (nSPS) is 10.5. The number of ether oxygens (including phenoxy) is 1. The van der Waals surface area contributed by atoms with E-state index >= 15 is 0 Å². The van der Waals surface area contributed by atoms with E-state index in [0.29, 0.717) is 16.9 Å². The molecule has 2 rings (SSSR count). The van der Waals surface area contributed by atoms with Crippen molar-refractivity contribution in [1.82, 2.24) is 0 Å². The van der Waals surface area contributed by atoms with E-state index in [-0.39, 0.29) is 5.02 Å². The van der Waals surface area contributed by atoms with Crippen molar-refractivity contribution in [3.05, 3.63) is 49.7 Å². The fraction of sp³-hybridized carbons (Fsp3) is 0.0909. The van der Waals surface area contributed by atoms with E-state index in [1.807, 2.05) is 0 Å². The summed E-state index contributed by atoms with van der Waals surface area (Å²) in [7, 11) is 1.55. The van der Waals surface area contributed by atoms with Gasteiger partial charge >= 0.3 is 0 Å². The lowest BCUT2D eigenvalue weighted by atomic mass is 10.0. The third-order valence-electron chi connectivity index (χ3n) is 2.23. The highest BCUT2D eigenvalue weighted by molar-refractivity contribution is 6.34. The van der Waals surface area contributed by atoms with Gasteiger partial charge < -0.3 is 4.74 Å². The summed E-state index contributed by atoms with van der Waals surface area (Å²) in [5.41, 5.74) is -0.192. The maximum atomic E-state index is 11.2. The van der Waals surface area contributed by atoms with Crippen LogP contribution in [0.2, 0.25) is 5.02 Å². The van der Waals surface area contributed by atoms with Gasteiger partial charge in [-0.05, 0) is 17.7 Å². The van der Waals surface area contributed by atoms with Crippen LogP contribution in [-0.4, -0.2) is 7.11 Å². The van der Waals surface area contributed by atoms with E-state index in [9.17, 15) is 9.59 Å². The Labute approximate surface area is 90.6 Å². The fourth-order valence-electron chi connectivity index (χ4n) is 1.38. The third-order valence-corrected chi connectivity index (χ3v) is 2.59. The van der Waals surface area contributed by atoms with Gasteiger partial charge in [0.05, 0.1) is 12.7 Å². The Morgan fingerprint density at radius 1 is 1.07 bits per heavy atom. The number of hydrogen-bond acceptors (Lipinski definition) is 3. The molecule has 0 aliphatic heterocycles. The Kier molecular flexibility index (Phi) is 2.32. The van der Waals surface area contributed by atoms with Crippen LogP contribution in [0.25, 0.3) is 11.1 Å². The van der Waals surface area contributed by atoms with Gasteiger partial charge in [-0.3, -0.25) is 9.59 Å². The molecule has 0 aliphatic rings.